The molecule has 3 heteroatoms. The minimum Gasteiger partial charge on any atom is -0.333 e. The van der Waals surface area contributed by atoms with E-state index < -0.39 is 8.07 Å². The van der Waals surface area contributed by atoms with Crippen LogP contribution in [0.2, 0.25) is 19.6 Å². The van der Waals surface area contributed by atoms with Gasteiger partial charge in [-0.3, -0.25) is 4.79 Å². The average molecular weight is 257 g/mol. The SMILES string of the molecule is C[Si](C)(C)C#CCCN1Cc2ccccc2C1=O. The quantitative estimate of drug-likeness (QED) is 0.589. The maximum atomic E-state index is 12.1. The Labute approximate surface area is 110 Å². The van der Waals surface area contributed by atoms with Gasteiger partial charge in [-0.05, 0) is 11.6 Å². The molecule has 0 saturated carbocycles. The van der Waals surface area contributed by atoms with E-state index in [1.54, 1.807) is 0 Å². The van der Waals surface area contributed by atoms with Crippen LogP contribution in [0.25, 0.3) is 0 Å². The Bertz CT molecular complexity index is 519. The molecular weight excluding hydrogens is 238 g/mol. The van der Waals surface area contributed by atoms with Gasteiger partial charge < -0.3 is 4.90 Å². The van der Waals surface area contributed by atoms with Gasteiger partial charge >= 0.3 is 0 Å². The van der Waals surface area contributed by atoms with Gasteiger partial charge in [0.1, 0.15) is 8.07 Å². The number of fused-ring (bicyclic) bond motifs is 1. The standard InChI is InChI=1S/C15H19NOSi/c1-18(2,3)11-7-6-10-16-12-13-8-4-5-9-14(13)15(16)17/h4-5,8-9H,6,10,12H2,1-3H3. The molecule has 2 nitrogen and oxygen atoms in total. The summed E-state index contributed by atoms with van der Waals surface area (Å²) < 4.78 is 0. The summed E-state index contributed by atoms with van der Waals surface area (Å²) in [5.74, 6) is 3.37. The van der Waals surface area contributed by atoms with Crippen molar-refractivity contribution in [2.45, 2.75) is 32.6 Å². The maximum absolute atomic E-state index is 12.1. The lowest BCUT2D eigenvalue weighted by Gasteiger charge is -2.13. The van der Waals surface area contributed by atoms with Crippen molar-refractivity contribution in [3.63, 3.8) is 0 Å². The monoisotopic (exact) mass is 257 g/mol. The lowest BCUT2D eigenvalue weighted by molar-refractivity contribution is 0.0782. The zero-order valence-corrected chi connectivity index (χ0v) is 12.3. The van der Waals surface area contributed by atoms with Crippen molar-refractivity contribution in [2.24, 2.45) is 0 Å². The zero-order valence-electron chi connectivity index (χ0n) is 11.3. The van der Waals surface area contributed by atoms with Crippen molar-refractivity contribution in [3.05, 3.63) is 35.4 Å². The molecule has 0 saturated heterocycles. The Morgan fingerprint density at radius 3 is 2.67 bits per heavy atom. The summed E-state index contributed by atoms with van der Waals surface area (Å²) in [7, 11) is -1.28. The maximum Gasteiger partial charge on any atom is 0.254 e. The highest BCUT2D eigenvalue weighted by molar-refractivity contribution is 6.83. The fraction of sp³-hybridized carbons (Fsp3) is 0.400. The Morgan fingerprint density at radius 1 is 1.28 bits per heavy atom. The predicted molar refractivity (Wildman–Crippen MR) is 76.9 cm³/mol. The van der Waals surface area contributed by atoms with Gasteiger partial charge in [0.05, 0.1) is 0 Å². The molecule has 0 spiro atoms. The first kappa shape index (κ1) is 12.9. The van der Waals surface area contributed by atoms with Crippen LogP contribution in [0.5, 0.6) is 0 Å². The van der Waals surface area contributed by atoms with Gasteiger partial charge in [-0.15, -0.1) is 11.5 Å². The molecule has 0 aromatic heterocycles. The van der Waals surface area contributed by atoms with Gasteiger partial charge in [0.25, 0.3) is 5.91 Å². The number of hydrogen-bond donors (Lipinski definition) is 0. The highest BCUT2D eigenvalue weighted by atomic mass is 28.3. The first-order chi connectivity index (χ1) is 8.47. The predicted octanol–water partition coefficient (Wildman–Crippen LogP) is 2.91. The zero-order chi connectivity index (χ0) is 13.2. The van der Waals surface area contributed by atoms with Gasteiger partial charge in [0.2, 0.25) is 0 Å². The number of hydrogen-bond acceptors (Lipinski definition) is 1. The molecule has 1 aromatic rings. The molecule has 1 aliphatic heterocycles. The molecule has 0 unspecified atom stereocenters. The van der Waals surface area contributed by atoms with Gasteiger partial charge in [-0.1, -0.05) is 37.8 Å². The molecular formula is C15H19NOSi. The second-order valence-electron chi connectivity index (χ2n) is 5.69. The molecule has 0 N–H and O–H groups in total. The Hall–Kier alpha value is -1.53. The third-order valence-corrected chi connectivity index (χ3v) is 3.79. The van der Waals surface area contributed by atoms with Crippen LogP contribution < -0.4 is 0 Å². The molecule has 0 atom stereocenters. The molecule has 0 radical (unpaired) electrons. The second-order valence-corrected chi connectivity index (χ2v) is 10.4. The number of carbonyl (C=O) groups excluding carboxylic acids is 1. The molecule has 1 aliphatic rings. The number of benzene rings is 1. The smallest absolute Gasteiger partial charge is 0.254 e. The third kappa shape index (κ3) is 3.02. The number of rotatable bonds is 2. The van der Waals surface area contributed by atoms with Gasteiger partial charge in [-0.2, -0.15) is 0 Å². The van der Waals surface area contributed by atoms with Crippen molar-refractivity contribution in [1.29, 1.82) is 0 Å². The van der Waals surface area contributed by atoms with Crippen LogP contribution in [-0.4, -0.2) is 25.4 Å². The Balaban J connectivity index is 1.94. The number of nitrogens with zero attached hydrogens (tertiary/aromatic N) is 1. The largest absolute Gasteiger partial charge is 0.333 e. The van der Waals surface area contributed by atoms with E-state index in [-0.39, 0.29) is 5.91 Å². The van der Waals surface area contributed by atoms with Crippen LogP contribution >= 0.6 is 0 Å². The van der Waals surface area contributed by atoms with Crippen LogP contribution in [0.15, 0.2) is 24.3 Å². The molecule has 1 amide bonds. The van der Waals surface area contributed by atoms with Crippen molar-refractivity contribution in [1.82, 2.24) is 4.90 Å². The van der Waals surface area contributed by atoms with Crippen molar-refractivity contribution < 1.29 is 4.79 Å². The molecule has 1 heterocycles. The van der Waals surface area contributed by atoms with Crippen molar-refractivity contribution in [3.8, 4) is 11.5 Å². The van der Waals surface area contributed by atoms with Crippen LogP contribution in [0.3, 0.4) is 0 Å². The summed E-state index contributed by atoms with van der Waals surface area (Å²) >= 11 is 0. The summed E-state index contributed by atoms with van der Waals surface area (Å²) in [6.07, 6.45) is 0.782. The van der Waals surface area contributed by atoms with E-state index in [1.807, 2.05) is 29.2 Å². The lowest BCUT2D eigenvalue weighted by atomic mass is 10.1. The summed E-state index contributed by atoms with van der Waals surface area (Å²) in [4.78, 5) is 14.0. The first-order valence-corrected chi connectivity index (χ1v) is 9.84. The van der Waals surface area contributed by atoms with Crippen LogP contribution in [0.1, 0.15) is 22.3 Å². The normalized spacial score (nSPS) is 14.2. The van der Waals surface area contributed by atoms with E-state index in [1.165, 1.54) is 0 Å². The Kier molecular flexibility index (Phi) is 3.58. The molecule has 18 heavy (non-hydrogen) atoms. The molecule has 0 bridgehead atoms. The van der Waals surface area contributed by atoms with Crippen LogP contribution in [0.4, 0.5) is 0 Å². The first-order valence-electron chi connectivity index (χ1n) is 6.34. The van der Waals surface area contributed by atoms with Crippen LogP contribution in [0, 0.1) is 11.5 Å². The second kappa shape index (κ2) is 4.99. The van der Waals surface area contributed by atoms with Gasteiger partial charge in [-0.25, -0.2) is 0 Å². The lowest BCUT2D eigenvalue weighted by Crippen LogP contribution is -2.25. The van der Waals surface area contributed by atoms with E-state index in [9.17, 15) is 4.79 Å². The van der Waals surface area contributed by atoms with E-state index in [0.717, 1.165) is 30.6 Å². The molecule has 2 rings (SSSR count). The summed E-state index contributed by atoms with van der Waals surface area (Å²) in [5.41, 5.74) is 5.33. The molecule has 94 valence electrons. The van der Waals surface area contributed by atoms with Crippen LogP contribution in [-0.2, 0) is 6.54 Å². The topological polar surface area (TPSA) is 20.3 Å². The van der Waals surface area contributed by atoms with E-state index >= 15 is 0 Å². The third-order valence-electron chi connectivity index (χ3n) is 2.87. The summed E-state index contributed by atoms with van der Waals surface area (Å²) in [5, 5.41) is 0. The van der Waals surface area contributed by atoms with E-state index in [0.29, 0.717) is 0 Å². The Morgan fingerprint density at radius 2 is 2.00 bits per heavy atom. The minimum atomic E-state index is -1.28. The molecule has 0 aliphatic carbocycles. The fourth-order valence-corrected chi connectivity index (χ4v) is 2.67. The molecule has 1 aromatic carbocycles. The summed E-state index contributed by atoms with van der Waals surface area (Å²) in [6.45, 7) is 8.18. The minimum absolute atomic E-state index is 0.153. The highest BCUT2D eigenvalue weighted by Crippen LogP contribution is 2.21. The number of amides is 1. The number of carbonyl (C=O) groups is 1. The fourth-order valence-electron chi connectivity index (χ4n) is 2.01. The van der Waals surface area contributed by atoms with E-state index in [4.69, 9.17) is 0 Å². The van der Waals surface area contributed by atoms with Crippen molar-refractivity contribution in [2.75, 3.05) is 6.54 Å². The summed E-state index contributed by atoms with van der Waals surface area (Å²) in [6, 6.07) is 7.85. The van der Waals surface area contributed by atoms with E-state index in [2.05, 4.69) is 31.1 Å². The van der Waals surface area contributed by atoms with Gasteiger partial charge in [0.15, 0.2) is 0 Å². The molecule has 0 fully saturated rings. The average Bonchev–Trinajstić information content (AvgIpc) is 2.62. The van der Waals surface area contributed by atoms with Crippen molar-refractivity contribution >= 4 is 14.0 Å². The van der Waals surface area contributed by atoms with Gasteiger partial charge in [0, 0.05) is 25.1 Å². The highest BCUT2D eigenvalue weighted by Gasteiger charge is 2.25.